The Labute approximate surface area is 203 Å². The maximum Gasteiger partial charge on any atom is 0.319 e. The van der Waals surface area contributed by atoms with Gasteiger partial charge < -0.3 is 16.0 Å². The number of benzene rings is 2. The molecule has 5 rings (SSSR count). The van der Waals surface area contributed by atoms with E-state index in [1.807, 2.05) is 61.0 Å². The van der Waals surface area contributed by atoms with Gasteiger partial charge in [0.05, 0.1) is 29.2 Å². The van der Waals surface area contributed by atoms with Crippen LogP contribution in [0.2, 0.25) is 5.02 Å². The van der Waals surface area contributed by atoms with Gasteiger partial charge in [0, 0.05) is 22.7 Å². The Bertz CT molecular complexity index is 1230. The highest BCUT2D eigenvalue weighted by molar-refractivity contribution is 6.31. The smallest absolute Gasteiger partial charge is 0.319 e. The molecule has 0 saturated heterocycles. The SMILES string of the molecule is Cc1ccc(-n2ncc(C(=O)NC(C)c3ccc(NC(=O)NC4CC4)cc3)c2C2CC2)cc1Cl. The first-order chi connectivity index (χ1) is 16.4. The van der Waals surface area contributed by atoms with Crippen LogP contribution in [0.5, 0.6) is 0 Å². The largest absolute Gasteiger partial charge is 0.345 e. The van der Waals surface area contributed by atoms with Gasteiger partial charge in [-0.3, -0.25) is 4.79 Å². The van der Waals surface area contributed by atoms with Crippen LogP contribution in [0.3, 0.4) is 0 Å². The number of nitrogens with zero attached hydrogens (tertiary/aromatic N) is 2. The fourth-order valence-corrected chi connectivity index (χ4v) is 4.17. The van der Waals surface area contributed by atoms with Crippen LogP contribution in [0, 0.1) is 6.92 Å². The average Bonchev–Trinajstić information content (AvgIpc) is 3.75. The van der Waals surface area contributed by atoms with Crippen molar-refractivity contribution in [1.29, 1.82) is 0 Å². The highest BCUT2D eigenvalue weighted by Crippen LogP contribution is 2.42. The zero-order chi connectivity index (χ0) is 23.8. The van der Waals surface area contributed by atoms with Gasteiger partial charge in [0.25, 0.3) is 5.91 Å². The number of amides is 3. The zero-order valence-corrected chi connectivity index (χ0v) is 20.0. The van der Waals surface area contributed by atoms with Crippen molar-refractivity contribution in [3.05, 3.63) is 76.1 Å². The summed E-state index contributed by atoms with van der Waals surface area (Å²) >= 11 is 6.33. The number of aryl methyl sites for hydroxylation is 1. The molecule has 7 nitrogen and oxygen atoms in total. The molecule has 2 saturated carbocycles. The maximum atomic E-state index is 13.2. The third-order valence-electron chi connectivity index (χ3n) is 6.34. The van der Waals surface area contributed by atoms with Crippen molar-refractivity contribution in [3.8, 4) is 5.69 Å². The van der Waals surface area contributed by atoms with Crippen molar-refractivity contribution in [1.82, 2.24) is 20.4 Å². The lowest BCUT2D eigenvalue weighted by atomic mass is 10.1. The molecule has 1 atom stereocenters. The van der Waals surface area contributed by atoms with Gasteiger partial charge in [0.1, 0.15) is 0 Å². The van der Waals surface area contributed by atoms with Gasteiger partial charge in [0.2, 0.25) is 0 Å². The molecular weight excluding hydrogens is 450 g/mol. The molecule has 176 valence electrons. The van der Waals surface area contributed by atoms with Crippen molar-refractivity contribution < 1.29 is 9.59 Å². The summed E-state index contributed by atoms with van der Waals surface area (Å²) in [5.41, 5.74) is 5.06. The van der Waals surface area contributed by atoms with Crippen molar-refractivity contribution in [2.45, 2.75) is 57.5 Å². The summed E-state index contributed by atoms with van der Waals surface area (Å²) in [6.07, 6.45) is 5.83. The summed E-state index contributed by atoms with van der Waals surface area (Å²) in [6, 6.07) is 13.3. The number of hydrogen-bond donors (Lipinski definition) is 3. The van der Waals surface area contributed by atoms with Gasteiger partial charge in [0.15, 0.2) is 0 Å². The van der Waals surface area contributed by atoms with E-state index in [1.165, 1.54) is 0 Å². The predicted octanol–water partition coefficient (Wildman–Crippen LogP) is 5.49. The lowest BCUT2D eigenvalue weighted by Crippen LogP contribution is -2.30. The number of rotatable bonds is 7. The zero-order valence-electron chi connectivity index (χ0n) is 19.3. The van der Waals surface area contributed by atoms with Crippen LogP contribution in [-0.4, -0.2) is 27.8 Å². The summed E-state index contributed by atoms with van der Waals surface area (Å²) in [6.45, 7) is 3.91. The van der Waals surface area contributed by atoms with Gasteiger partial charge in [-0.15, -0.1) is 0 Å². The number of halogens is 1. The van der Waals surface area contributed by atoms with Crippen LogP contribution < -0.4 is 16.0 Å². The first kappa shape index (κ1) is 22.5. The van der Waals surface area contributed by atoms with E-state index in [-0.39, 0.29) is 18.0 Å². The van der Waals surface area contributed by atoms with Crippen molar-refractivity contribution in [2.24, 2.45) is 0 Å². The highest BCUT2D eigenvalue weighted by atomic mass is 35.5. The fraction of sp³-hybridized carbons (Fsp3) is 0.346. The molecule has 3 N–H and O–H groups in total. The lowest BCUT2D eigenvalue weighted by molar-refractivity contribution is 0.0939. The number of urea groups is 1. The minimum absolute atomic E-state index is 0.148. The summed E-state index contributed by atoms with van der Waals surface area (Å²) in [7, 11) is 0. The van der Waals surface area contributed by atoms with E-state index in [2.05, 4.69) is 21.0 Å². The van der Waals surface area contributed by atoms with E-state index in [1.54, 1.807) is 6.20 Å². The van der Waals surface area contributed by atoms with E-state index in [9.17, 15) is 9.59 Å². The molecule has 0 radical (unpaired) electrons. The molecule has 34 heavy (non-hydrogen) atoms. The van der Waals surface area contributed by atoms with E-state index < -0.39 is 0 Å². The Hall–Kier alpha value is -3.32. The molecule has 1 aromatic heterocycles. The van der Waals surface area contributed by atoms with Gasteiger partial charge >= 0.3 is 6.03 Å². The van der Waals surface area contributed by atoms with Crippen molar-refractivity contribution >= 4 is 29.2 Å². The summed E-state index contributed by atoms with van der Waals surface area (Å²) in [5, 5.41) is 14.1. The maximum absolute atomic E-state index is 13.2. The molecule has 2 aromatic carbocycles. The van der Waals surface area contributed by atoms with Crippen molar-refractivity contribution in [2.75, 3.05) is 5.32 Å². The topological polar surface area (TPSA) is 88.1 Å². The third kappa shape index (κ3) is 4.94. The molecule has 1 unspecified atom stereocenters. The molecule has 2 aliphatic carbocycles. The number of aromatic nitrogens is 2. The Morgan fingerprint density at radius 1 is 1.09 bits per heavy atom. The van der Waals surface area contributed by atoms with Crippen LogP contribution in [0.25, 0.3) is 5.69 Å². The van der Waals surface area contributed by atoms with Crippen LogP contribution in [0.1, 0.15) is 71.7 Å². The molecule has 0 bridgehead atoms. The Morgan fingerprint density at radius 2 is 1.82 bits per heavy atom. The van der Waals surface area contributed by atoms with Crippen LogP contribution in [-0.2, 0) is 0 Å². The van der Waals surface area contributed by atoms with Crippen molar-refractivity contribution in [3.63, 3.8) is 0 Å². The first-order valence-corrected chi connectivity index (χ1v) is 12.1. The third-order valence-corrected chi connectivity index (χ3v) is 6.75. The average molecular weight is 478 g/mol. The monoisotopic (exact) mass is 477 g/mol. The molecule has 2 fully saturated rings. The Morgan fingerprint density at radius 3 is 2.47 bits per heavy atom. The summed E-state index contributed by atoms with van der Waals surface area (Å²) in [5.74, 6) is 0.177. The second-order valence-electron chi connectivity index (χ2n) is 9.25. The summed E-state index contributed by atoms with van der Waals surface area (Å²) in [4.78, 5) is 25.1. The normalized spacial score (nSPS) is 16.1. The first-order valence-electron chi connectivity index (χ1n) is 11.7. The molecule has 3 amide bonds. The Kier molecular flexibility index (Phi) is 6.04. The molecule has 8 heteroatoms. The van der Waals surface area contributed by atoms with Crippen LogP contribution in [0.15, 0.2) is 48.7 Å². The van der Waals surface area contributed by atoms with E-state index in [0.717, 1.165) is 53.9 Å². The number of hydrogen-bond acceptors (Lipinski definition) is 3. The van der Waals surface area contributed by atoms with E-state index in [0.29, 0.717) is 22.5 Å². The standard InChI is InChI=1S/C26H28ClN5O2/c1-15-3-12-21(13-23(15)27)32-24(18-4-5-18)22(14-28-32)25(33)29-16(2)17-6-8-19(9-7-17)30-26(34)31-20-10-11-20/h3,6-9,12-14,16,18,20H,4-5,10-11H2,1-2H3,(H,29,33)(H2,30,31,34). The van der Waals surface area contributed by atoms with Gasteiger partial charge in [-0.2, -0.15) is 5.10 Å². The van der Waals surface area contributed by atoms with Crippen LogP contribution in [0.4, 0.5) is 10.5 Å². The second kappa shape index (κ2) is 9.14. The van der Waals surface area contributed by atoms with Gasteiger partial charge in [-0.1, -0.05) is 29.8 Å². The van der Waals surface area contributed by atoms with Crippen LogP contribution >= 0.6 is 11.6 Å². The molecule has 0 spiro atoms. The minimum Gasteiger partial charge on any atom is -0.345 e. The highest BCUT2D eigenvalue weighted by Gasteiger charge is 2.33. The van der Waals surface area contributed by atoms with E-state index in [4.69, 9.17) is 11.6 Å². The minimum atomic E-state index is -0.203. The number of anilines is 1. The number of carbonyl (C=O) groups excluding carboxylic acids is 2. The molecule has 2 aliphatic rings. The number of nitrogens with one attached hydrogen (secondary N) is 3. The molecule has 1 heterocycles. The fourth-order valence-electron chi connectivity index (χ4n) is 3.99. The van der Waals surface area contributed by atoms with E-state index >= 15 is 0 Å². The molecular formula is C26H28ClN5O2. The van der Waals surface area contributed by atoms with Gasteiger partial charge in [-0.05, 0) is 74.9 Å². The second-order valence-corrected chi connectivity index (χ2v) is 9.66. The quantitative estimate of drug-likeness (QED) is 0.420. The molecule has 3 aromatic rings. The predicted molar refractivity (Wildman–Crippen MR) is 133 cm³/mol. The Balaban J connectivity index is 1.28. The summed E-state index contributed by atoms with van der Waals surface area (Å²) < 4.78 is 1.84. The number of carbonyl (C=O) groups is 2. The molecule has 0 aliphatic heterocycles. The lowest BCUT2D eigenvalue weighted by Gasteiger charge is -2.16. The van der Waals surface area contributed by atoms with Gasteiger partial charge in [-0.25, -0.2) is 9.48 Å².